The molecule has 2 atom stereocenters. The smallest absolute Gasteiger partial charge is 0.265 e. The van der Waals surface area contributed by atoms with Crippen LogP contribution < -0.4 is 0 Å². The summed E-state index contributed by atoms with van der Waals surface area (Å²) in [6.07, 6.45) is 0. The van der Waals surface area contributed by atoms with Crippen molar-refractivity contribution in [1.82, 2.24) is 0 Å². The molecule has 1 radical (unpaired) electrons. The van der Waals surface area contributed by atoms with Crippen LogP contribution in [0.2, 0.25) is 0 Å². The molecule has 0 aliphatic carbocycles. The van der Waals surface area contributed by atoms with Crippen molar-refractivity contribution in [3.8, 4) is 0 Å². The molecule has 0 fully saturated rings. The summed E-state index contributed by atoms with van der Waals surface area (Å²) in [5.74, 6) is 0.0741. The van der Waals surface area contributed by atoms with Gasteiger partial charge in [-0.2, -0.15) is 0 Å². The molecule has 1 heterocycles. The van der Waals surface area contributed by atoms with Crippen LogP contribution in [0.4, 0.5) is 0 Å². The molecule has 0 bridgehead atoms. The third-order valence-electron chi connectivity index (χ3n) is 1.70. The van der Waals surface area contributed by atoms with E-state index < -0.39 is 5.24 Å². The van der Waals surface area contributed by atoms with Crippen LogP contribution in [0.1, 0.15) is 13.8 Å². The Morgan fingerprint density at radius 3 is 2.36 bits per heavy atom. The molecule has 0 amide bonds. The minimum atomic E-state index is -0.486. The molecule has 1 aliphatic rings. The Labute approximate surface area is 95.8 Å². The summed E-state index contributed by atoms with van der Waals surface area (Å²) in [5.41, 5.74) is 4.19. The Kier molecular flexibility index (Phi) is 4.75. The third kappa shape index (κ3) is 2.50. The molecule has 0 unspecified atom stereocenters. The summed E-state index contributed by atoms with van der Waals surface area (Å²) in [6.45, 7) is 3.79. The van der Waals surface area contributed by atoms with E-state index in [0.29, 0.717) is 5.71 Å². The predicted molar refractivity (Wildman–Crippen MR) is 40.3 cm³/mol. The standard InChI is InChI=1S/C6H9ClN2O.Y/c1-3-4(2)8-9-5(3)6(7)10;/h3-4H,1-2H3,(H,8,10);/p-1/t3-,4-;/m1./s1. The van der Waals surface area contributed by atoms with E-state index in [9.17, 15) is 4.79 Å². The van der Waals surface area contributed by atoms with Gasteiger partial charge < -0.3 is 10.5 Å². The molecule has 59 valence electrons. The Balaban J connectivity index is 0.000001000. The molecular weight excluding hydrogens is 240 g/mol. The number of carbonyl (C=O) groups excluding carboxylic acids is 1. The molecule has 0 N–H and O–H groups in total. The molecular formula is C6H8ClN2OY-. The molecule has 0 saturated carbocycles. The average Bonchev–Trinajstić information content (AvgIpc) is 2.14. The van der Waals surface area contributed by atoms with Gasteiger partial charge in [0.15, 0.2) is 0 Å². The normalized spacial score (nSPS) is 28.5. The molecule has 5 heteroatoms. The summed E-state index contributed by atoms with van der Waals surface area (Å²) < 4.78 is 0. The monoisotopic (exact) mass is 248 g/mol. The first-order valence-electron chi connectivity index (χ1n) is 3.10. The van der Waals surface area contributed by atoms with E-state index in [-0.39, 0.29) is 44.7 Å². The van der Waals surface area contributed by atoms with Crippen LogP contribution in [-0.4, -0.2) is 17.0 Å². The van der Waals surface area contributed by atoms with Crippen molar-refractivity contribution in [2.75, 3.05) is 0 Å². The van der Waals surface area contributed by atoms with E-state index in [1.807, 2.05) is 13.8 Å². The quantitative estimate of drug-likeness (QED) is 0.649. The van der Waals surface area contributed by atoms with Gasteiger partial charge in [0.1, 0.15) is 0 Å². The number of hydrogen-bond acceptors (Lipinski definition) is 2. The van der Waals surface area contributed by atoms with Crippen molar-refractivity contribution in [3.05, 3.63) is 5.43 Å². The largest absolute Gasteiger partial charge is 0.599 e. The van der Waals surface area contributed by atoms with Crippen molar-refractivity contribution >= 4 is 22.6 Å². The number of rotatable bonds is 1. The molecule has 0 aromatic heterocycles. The van der Waals surface area contributed by atoms with Gasteiger partial charge in [-0.1, -0.05) is 13.8 Å². The van der Waals surface area contributed by atoms with Gasteiger partial charge in [-0.05, 0) is 17.5 Å². The maximum Gasteiger partial charge on any atom is 0.265 e. The molecule has 1 aliphatic heterocycles. The van der Waals surface area contributed by atoms with Gasteiger partial charge in [0.25, 0.3) is 5.24 Å². The van der Waals surface area contributed by atoms with Crippen molar-refractivity contribution in [2.24, 2.45) is 11.0 Å². The fourth-order valence-corrected chi connectivity index (χ4v) is 1.00. The van der Waals surface area contributed by atoms with Crippen LogP contribution in [-0.2, 0) is 37.5 Å². The third-order valence-corrected chi connectivity index (χ3v) is 1.90. The van der Waals surface area contributed by atoms with Crippen LogP contribution in [0.5, 0.6) is 0 Å². The van der Waals surface area contributed by atoms with E-state index in [1.165, 1.54) is 0 Å². The Bertz CT molecular complexity index is 195. The Morgan fingerprint density at radius 2 is 2.18 bits per heavy atom. The van der Waals surface area contributed by atoms with Gasteiger partial charge in [-0.25, -0.2) is 0 Å². The van der Waals surface area contributed by atoms with Gasteiger partial charge in [-0.3, -0.25) is 4.79 Å². The fourth-order valence-electron chi connectivity index (χ4n) is 0.791. The van der Waals surface area contributed by atoms with Crippen molar-refractivity contribution < 1.29 is 37.5 Å². The first kappa shape index (κ1) is 11.5. The second kappa shape index (κ2) is 4.53. The van der Waals surface area contributed by atoms with E-state index in [4.69, 9.17) is 11.6 Å². The van der Waals surface area contributed by atoms with Gasteiger partial charge in [0, 0.05) is 32.7 Å². The minimum absolute atomic E-state index is 0. The topological polar surface area (TPSA) is 43.5 Å². The van der Waals surface area contributed by atoms with E-state index in [1.54, 1.807) is 0 Å². The number of carbonyl (C=O) groups is 1. The molecule has 0 aromatic carbocycles. The van der Waals surface area contributed by atoms with Gasteiger partial charge in [-0.15, -0.1) is 6.04 Å². The average molecular weight is 249 g/mol. The first-order valence-corrected chi connectivity index (χ1v) is 3.48. The molecule has 11 heavy (non-hydrogen) atoms. The maximum atomic E-state index is 10.6. The fraction of sp³-hybridized carbons (Fsp3) is 0.667. The second-order valence-electron chi connectivity index (χ2n) is 2.40. The SMILES string of the molecule is C[C@H]1[N-]N=C(C(=O)Cl)[C@@H]1C.[Y]. The summed E-state index contributed by atoms with van der Waals surface area (Å²) in [7, 11) is 0. The number of hydrogen-bond donors (Lipinski definition) is 0. The van der Waals surface area contributed by atoms with Gasteiger partial charge >= 0.3 is 0 Å². The van der Waals surface area contributed by atoms with Crippen LogP contribution in [0.25, 0.3) is 5.43 Å². The van der Waals surface area contributed by atoms with Crippen molar-refractivity contribution in [1.29, 1.82) is 0 Å². The van der Waals surface area contributed by atoms with Crippen LogP contribution in [0.3, 0.4) is 0 Å². The molecule has 3 nitrogen and oxygen atoms in total. The van der Waals surface area contributed by atoms with Crippen molar-refractivity contribution in [2.45, 2.75) is 19.9 Å². The number of halogens is 1. The minimum Gasteiger partial charge on any atom is -0.599 e. The molecule has 1 rings (SSSR count). The molecule has 0 spiro atoms. The Morgan fingerprint density at radius 1 is 1.64 bits per heavy atom. The summed E-state index contributed by atoms with van der Waals surface area (Å²) in [5, 5.41) is 3.17. The van der Waals surface area contributed by atoms with E-state index in [2.05, 4.69) is 10.5 Å². The van der Waals surface area contributed by atoms with Crippen molar-refractivity contribution in [3.63, 3.8) is 0 Å². The zero-order valence-corrected chi connectivity index (χ0v) is 10.0. The summed E-state index contributed by atoms with van der Waals surface area (Å²) in [4.78, 5) is 10.6. The first-order chi connectivity index (χ1) is 4.63. The van der Waals surface area contributed by atoms with E-state index in [0.717, 1.165) is 0 Å². The van der Waals surface area contributed by atoms with Crippen LogP contribution in [0.15, 0.2) is 5.10 Å². The zero-order chi connectivity index (χ0) is 7.72. The van der Waals surface area contributed by atoms with Crippen LogP contribution >= 0.6 is 11.6 Å². The summed E-state index contributed by atoms with van der Waals surface area (Å²) in [6, 6.07) is 0.0951. The van der Waals surface area contributed by atoms with Crippen LogP contribution in [0, 0.1) is 5.92 Å². The molecule has 0 aromatic rings. The second-order valence-corrected chi connectivity index (χ2v) is 2.75. The van der Waals surface area contributed by atoms with Gasteiger partial charge in [0.05, 0.1) is 5.71 Å². The maximum absolute atomic E-state index is 10.6. The Hall–Kier alpha value is 0.534. The number of nitrogens with zero attached hydrogens (tertiary/aromatic N) is 2. The predicted octanol–water partition coefficient (Wildman–Crippen LogP) is 1.52. The molecule has 0 saturated heterocycles. The summed E-state index contributed by atoms with van der Waals surface area (Å²) >= 11 is 5.21. The van der Waals surface area contributed by atoms with E-state index >= 15 is 0 Å². The van der Waals surface area contributed by atoms with Gasteiger partial charge in [0.2, 0.25) is 0 Å². The zero-order valence-electron chi connectivity index (χ0n) is 6.41.